The van der Waals surface area contributed by atoms with E-state index in [0.717, 1.165) is 41.1 Å². The minimum Gasteiger partial charge on any atom is -0.351 e. The topological polar surface area (TPSA) is 52.2 Å². The Bertz CT molecular complexity index is 1130. The van der Waals surface area contributed by atoms with Gasteiger partial charge < -0.3 is 9.88 Å². The van der Waals surface area contributed by atoms with Crippen LogP contribution in [0.1, 0.15) is 15.5 Å². The van der Waals surface area contributed by atoms with Gasteiger partial charge in [-0.3, -0.25) is 9.69 Å². The summed E-state index contributed by atoms with van der Waals surface area (Å²) < 4.78 is 14.6. The van der Waals surface area contributed by atoms with Crippen LogP contribution in [0, 0.1) is 5.82 Å². The van der Waals surface area contributed by atoms with Crippen molar-refractivity contribution in [1.82, 2.24) is 19.8 Å². The monoisotopic (exact) mass is 394 g/mol. The van der Waals surface area contributed by atoms with Gasteiger partial charge in [-0.2, -0.15) is 0 Å². The number of para-hydroxylation sites is 1. The van der Waals surface area contributed by atoms with Crippen LogP contribution in [0.25, 0.3) is 21.1 Å². The van der Waals surface area contributed by atoms with Crippen LogP contribution in [0.5, 0.6) is 0 Å². The second-order valence-corrected chi connectivity index (χ2v) is 8.17. The number of amides is 1. The second kappa shape index (κ2) is 7.00. The lowest BCUT2D eigenvalue weighted by Gasteiger charge is -2.34. The molecule has 2 aromatic heterocycles. The third kappa shape index (κ3) is 3.27. The number of aromatic nitrogens is 2. The molecular weight excluding hydrogens is 375 g/mol. The van der Waals surface area contributed by atoms with E-state index in [4.69, 9.17) is 4.98 Å². The number of fused-ring (bicyclic) bond motifs is 2. The molecule has 5 nitrogen and oxygen atoms in total. The molecule has 1 amide bonds. The number of hydrogen-bond donors (Lipinski definition) is 1. The third-order valence-electron chi connectivity index (χ3n) is 5.17. The summed E-state index contributed by atoms with van der Waals surface area (Å²) in [5.74, 6) is -0.329. The molecular formula is C21H19FN4OS. The first-order valence-electron chi connectivity index (χ1n) is 9.30. The number of benzene rings is 2. The quantitative estimate of drug-likeness (QED) is 0.574. The van der Waals surface area contributed by atoms with Crippen molar-refractivity contribution in [1.29, 1.82) is 0 Å². The van der Waals surface area contributed by atoms with E-state index in [1.807, 2.05) is 23.1 Å². The fourth-order valence-corrected chi connectivity index (χ4v) is 4.69. The maximum atomic E-state index is 13.4. The zero-order valence-electron chi connectivity index (χ0n) is 15.2. The van der Waals surface area contributed by atoms with Crippen LogP contribution < -0.4 is 0 Å². The molecule has 0 spiro atoms. The molecule has 1 aliphatic rings. The number of nitrogens with zero attached hydrogens (tertiary/aromatic N) is 3. The maximum absolute atomic E-state index is 13.4. The van der Waals surface area contributed by atoms with Gasteiger partial charge in [0.2, 0.25) is 0 Å². The third-order valence-corrected chi connectivity index (χ3v) is 6.19. The van der Waals surface area contributed by atoms with Gasteiger partial charge in [-0.1, -0.05) is 12.1 Å². The lowest BCUT2D eigenvalue weighted by atomic mass is 10.2. The number of piperazine rings is 1. The van der Waals surface area contributed by atoms with Crippen molar-refractivity contribution in [2.24, 2.45) is 0 Å². The fourth-order valence-electron chi connectivity index (χ4n) is 3.68. The molecule has 2 aromatic carbocycles. The fraction of sp³-hybridized carbons (Fsp3) is 0.238. The molecule has 0 unspecified atom stereocenters. The second-order valence-electron chi connectivity index (χ2n) is 7.06. The number of nitrogens with one attached hydrogen (secondary N) is 1. The van der Waals surface area contributed by atoms with Crippen LogP contribution in [0.2, 0.25) is 0 Å². The molecule has 0 bridgehead atoms. The smallest absolute Gasteiger partial charge is 0.270 e. The molecule has 1 fully saturated rings. The molecule has 3 heterocycles. The molecule has 4 aromatic rings. The first kappa shape index (κ1) is 17.3. The van der Waals surface area contributed by atoms with Crippen LogP contribution in [-0.4, -0.2) is 51.9 Å². The summed E-state index contributed by atoms with van der Waals surface area (Å²) in [4.78, 5) is 24.8. The van der Waals surface area contributed by atoms with Gasteiger partial charge in [-0.25, -0.2) is 9.37 Å². The van der Waals surface area contributed by atoms with Crippen LogP contribution in [0.3, 0.4) is 0 Å². The molecule has 1 N–H and O–H groups in total. The first-order valence-corrected chi connectivity index (χ1v) is 10.1. The van der Waals surface area contributed by atoms with Gasteiger partial charge in [-0.05, 0) is 36.4 Å². The number of H-pyrrole nitrogens is 1. The van der Waals surface area contributed by atoms with Gasteiger partial charge in [0.15, 0.2) is 0 Å². The summed E-state index contributed by atoms with van der Waals surface area (Å²) in [7, 11) is 0. The summed E-state index contributed by atoms with van der Waals surface area (Å²) in [6.07, 6.45) is 0. The molecule has 1 aliphatic heterocycles. The number of carbonyl (C=O) groups is 1. The van der Waals surface area contributed by atoms with E-state index in [2.05, 4.69) is 16.0 Å². The Kier molecular flexibility index (Phi) is 4.33. The lowest BCUT2D eigenvalue weighted by Crippen LogP contribution is -2.48. The highest BCUT2D eigenvalue weighted by atomic mass is 32.1. The summed E-state index contributed by atoms with van der Waals surface area (Å²) in [5, 5.41) is 1.83. The minimum atomic E-state index is -0.297. The van der Waals surface area contributed by atoms with Crippen LogP contribution in [-0.2, 0) is 6.54 Å². The molecule has 1 saturated heterocycles. The van der Waals surface area contributed by atoms with Crippen LogP contribution >= 0.6 is 11.3 Å². The largest absolute Gasteiger partial charge is 0.351 e. The van der Waals surface area contributed by atoms with Crippen molar-refractivity contribution in [2.75, 3.05) is 26.2 Å². The Labute approximate surface area is 165 Å². The Morgan fingerprint density at radius 1 is 1.11 bits per heavy atom. The highest BCUT2D eigenvalue weighted by Gasteiger charge is 2.24. The average molecular weight is 394 g/mol. The molecule has 7 heteroatoms. The van der Waals surface area contributed by atoms with Gasteiger partial charge in [0.05, 0.1) is 16.8 Å². The first-order chi connectivity index (χ1) is 13.7. The predicted octanol–water partition coefficient (Wildman–Crippen LogP) is 3.87. The van der Waals surface area contributed by atoms with Crippen molar-refractivity contribution in [3.8, 4) is 0 Å². The summed E-state index contributed by atoms with van der Waals surface area (Å²) in [6, 6.07) is 14.4. The molecule has 0 atom stereocenters. The van der Waals surface area contributed by atoms with Gasteiger partial charge in [0.1, 0.15) is 16.5 Å². The van der Waals surface area contributed by atoms with Crippen molar-refractivity contribution < 1.29 is 9.18 Å². The van der Waals surface area contributed by atoms with E-state index in [9.17, 15) is 9.18 Å². The molecule has 0 saturated carbocycles. The SMILES string of the molecule is O=C(c1cc2cc(F)ccc2[nH]1)N1CCN(Cc2nc3ccccc3s2)CC1. The van der Waals surface area contributed by atoms with Crippen LogP contribution in [0.15, 0.2) is 48.5 Å². The van der Waals surface area contributed by atoms with E-state index in [1.54, 1.807) is 23.5 Å². The maximum Gasteiger partial charge on any atom is 0.270 e. The average Bonchev–Trinajstić information content (AvgIpc) is 3.31. The normalized spacial score (nSPS) is 15.5. The van der Waals surface area contributed by atoms with Crippen molar-refractivity contribution in [2.45, 2.75) is 6.54 Å². The predicted molar refractivity (Wildman–Crippen MR) is 109 cm³/mol. The van der Waals surface area contributed by atoms with Crippen molar-refractivity contribution >= 4 is 38.4 Å². The number of aromatic amines is 1. The lowest BCUT2D eigenvalue weighted by molar-refractivity contribution is 0.0623. The van der Waals surface area contributed by atoms with Crippen molar-refractivity contribution in [3.63, 3.8) is 0 Å². The van der Waals surface area contributed by atoms with Gasteiger partial charge in [0.25, 0.3) is 5.91 Å². The molecule has 0 radical (unpaired) electrons. The molecule has 0 aliphatic carbocycles. The molecule has 28 heavy (non-hydrogen) atoms. The number of thiazole rings is 1. The highest BCUT2D eigenvalue weighted by Crippen LogP contribution is 2.23. The van der Waals surface area contributed by atoms with E-state index in [-0.39, 0.29) is 11.7 Å². The summed E-state index contributed by atoms with van der Waals surface area (Å²) in [5.41, 5.74) is 2.34. The van der Waals surface area contributed by atoms with Gasteiger partial charge in [-0.15, -0.1) is 11.3 Å². The molecule has 142 valence electrons. The number of hydrogen-bond acceptors (Lipinski definition) is 4. The number of rotatable bonds is 3. The Balaban J connectivity index is 1.24. The summed E-state index contributed by atoms with van der Waals surface area (Å²) >= 11 is 1.73. The Morgan fingerprint density at radius 2 is 1.93 bits per heavy atom. The van der Waals surface area contributed by atoms with Crippen LogP contribution in [0.4, 0.5) is 4.39 Å². The number of halogens is 1. The van der Waals surface area contributed by atoms with Gasteiger partial charge >= 0.3 is 0 Å². The Hall–Kier alpha value is -2.77. The highest BCUT2D eigenvalue weighted by molar-refractivity contribution is 7.18. The molecule has 5 rings (SSSR count). The van der Waals surface area contributed by atoms with Crippen molar-refractivity contribution in [3.05, 3.63) is 65.0 Å². The number of carbonyl (C=O) groups excluding carboxylic acids is 1. The zero-order valence-corrected chi connectivity index (χ0v) is 16.0. The van der Waals surface area contributed by atoms with E-state index >= 15 is 0 Å². The van der Waals surface area contributed by atoms with E-state index in [1.165, 1.54) is 16.8 Å². The zero-order chi connectivity index (χ0) is 19.1. The summed E-state index contributed by atoms with van der Waals surface area (Å²) in [6.45, 7) is 3.79. The Morgan fingerprint density at radius 3 is 2.75 bits per heavy atom. The minimum absolute atomic E-state index is 0.0313. The van der Waals surface area contributed by atoms with E-state index < -0.39 is 0 Å². The standard InChI is InChI=1S/C21H19FN4OS/c22-15-5-6-16-14(11-15)12-18(23-16)21(27)26-9-7-25(8-10-26)13-20-24-17-3-1-2-4-19(17)28-20/h1-6,11-12,23H,7-10,13H2. The van der Waals surface area contributed by atoms with E-state index in [0.29, 0.717) is 18.8 Å². The van der Waals surface area contributed by atoms with Gasteiger partial charge in [0, 0.05) is 37.1 Å².